The molecule has 0 bridgehead atoms. The molecular formula is C20H19FN2O2S. The number of fused-ring (bicyclic) bond motifs is 1. The van der Waals surface area contributed by atoms with Gasteiger partial charge in [0, 0.05) is 34.1 Å². The van der Waals surface area contributed by atoms with Crippen LogP contribution >= 0.6 is 11.8 Å². The number of aryl methyl sites for hydroxylation is 1. The number of H-pyrrole nitrogens is 1. The first-order chi connectivity index (χ1) is 12.6. The number of anilines is 1. The molecule has 0 aliphatic rings. The van der Waals surface area contributed by atoms with Crippen molar-refractivity contribution in [2.45, 2.75) is 19.1 Å². The minimum Gasteiger partial charge on any atom is -0.357 e. The third-order valence-electron chi connectivity index (χ3n) is 4.01. The number of carbonyl (C=O) groups excluding carboxylic acids is 1. The number of thioether (sulfide) groups is 1. The van der Waals surface area contributed by atoms with E-state index < -0.39 is 5.82 Å². The Balaban J connectivity index is 1.61. The van der Waals surface area contributed by atoms with E-state index in [0.717, 1.165) is 17.7 Å². The second-order valence-corrected chi connectivity index (χ2v) is 6.89. The van der Waals surface area contributed by atoms with Crippen LogP contribution in [0, 0.1) is 5.82 Å². The number of hydrogen-bond donors (Lipinski definition) is 2. The van der Waals surface area contributed by atoms with E-state index in [4.69, 9.17) is 0 Å². The first-order valence-electron chi connectivity index (χ1n) is 8.34. The van der Waals surface area contributed by atoms with Gasteiger partial charge in [0.05, 0.1) is 5.75 Å². The van der Waals surface area contributed by atoms with Gasteiger partial charge >= 0.3 is 0 Å². The van der Waals surface area contributed by atoms with Gasteiger partial charge in [0.1, 0.15) is 5.82 Å². The number of aromatic nitrogens is 1. The summed E-state index contributed by atoms with van der Waals surface area (Å²) in [4.78, 5) is 27.3. The number of para-hydroxylation sites is 1. The quantitative estimate of drug-likeness (QED) is 0.687. The third-order valence-corrected chi connectivity index (χ3v) is 4.99. The molecule has 0 fully saturated rings. The summed E-state index contributed by atoms with van der Waals surface area (Å²) >= 11 is 1.41. The molecule has 2 N–H and O–H groups in total. The van der Waals surface area contributed by atoms with Crippen LogP contribution in [0.3, 0.4) is 0 Å². The smallest absolute Gasteiger partial charge is 0.234 e. The van der Waals surface area contributed by atoms with Gasteiger partial charge in [0.2, 0.25) is 5.91 Å². The molecule has 134 valence electrons. The summed E-state index contributed by atoms with van der Waals surface area (Å²) in [6.45, 7) is 2.04. The molecule has 0 atom stereocenters. The molecule has 4 nitrogen and oxygen atoms in total. The van der Waals surface area contributed by atoms with Crippen molar-refractivity contribution in [2.24, 2.45) is 0 Å². The number of nitrogens with one attached hydrogen (secondary N) is 2. The first kappa shape index (κ1) is 18.2. The second kappa shape index (κ2) is 8.19. The highest BCUT2D eigenvalue weighted by molar-refractivity contribution is 7.99. The number of aromatic amines is 1. The van der Waals surface area contributed by atoms with Gasteiger partial charge in [0.15, 0.2) is 5.43 Å². The Labute approximate surface area is 154 Å². The molecule has 0 radical (unpaired) electrons. The maximum atomic E-state index is 13.2. The topological polar surface area (TPSA) is 62.0 Å². The molecule has 6 heteroatoms. The van der Waals surface area contributed by atoms with Crippen LogP contribution in [0.4, 0.5) is 10.1 Å². The van der Waals surface area contributed by atoms with Gasteiger partial charge in [-0.25, -0.2) is 4.39 Å². The van der Waals surface area contributed by atoms with Crippen LogP contribution in [0.15, 0.2) is 53.3 Å². The average molecular weight is 370 g/mol. The average Bonchev–Trinajstić information content (AvgIpc) is 2.63. The Morgan fingerprint density at radius 1 is 1.19 bits per heavy atom. The summed E-state index contributed by atoms with van der Waals surface area (Å²) in [6.07, 6.45) is 0.850. The van der Waals surface area contributed by atoms with Crippen molar-refractivity contribution in [3.8, 4) is 0 Å². The summed E-state index contributed by atoms with van der Waals surface area (Å²) in [5.41, 5.74) is 3.01. The molecule has 3 aromatic rings. The normalized spacial score (nSPS) is 10.8. The summed E-state index contributed by atoms with van der Waals surface area (Å²) in [7, 11) is 0. The van der Waals surface area contributed by atoms with Crippen LogP contribution in [0.25, 0.3) is 10.9 Å². The molecule has 1 amide bonds. The van der Waals surface area contributed by atoms with Gasteiger partial charge in [-0.15, -0.1) is 11.8 Å². The lowest BCUT2D eigenvalue weighted by atomic mass is 10.1. The molecular weight excluding hydrogens is 351 g/mol. The fourth-order valence-corrected chi connectivity index (χ4v) is 3.48. The highest BCUT2D eigenvalue weighted by atomic mass is 32.2. The highest BCUT2D eigenvalue weighted by Crippen LogP contribution is 2.17. The molecule has 0 spiro atoms. The minimum absolute atomic E-state index is 0.0823. The van der Waals surface area contributed by atoms with Crippen LogP contribution in [-0.2, 0) is 17.0 Å². The van der Waals surface area contributed by atoms with E-state index in [-0.39, 0.29) is 17.1 Å². The number of hydrogen-bond acceptors (Lipinski definition) is 3. The number of amides is 1. The summed E-state index contributed by atoms with van der Waals surface area (Å²) in [5, 5.41) is 3.25. The number of rotatable bonds is 6. The zero-order chi connectivity index (χ0) is 18.5. The maximum Gasteiger partial charge on any atom is 0.234 e. The van der Waals surface area contributed by atoms with Crippen molar-refractivity contribution in [2.75, 3.05) is 11.1 Å². The Morgan fingerprint density at radius 2 is 2.00 bits per heavy atom. The number of halogens is 1. The van der Waals surface area contributed by atoms with E-state index in [1.165, 1.54) is 30.0 Å². The van der Waals surface area contributed by atoms with Gasteiger partial charge in [0.25, 0.3) is 0 Å². The van der Waals surface area contributed by atoms with Crippen molar-refractivity contribution in [3.05, 3.63) is 75.8 Å². The van der Waals surface area contributed by atoms with E-state index in [9.17, 15) is 14.0 Å². The molecule has 0 aliphatic carbocycles. The lowest BCUT2D eigenvalue weighted by Gasteiger charge is -2.09. The maximum absolute atomic E-state index is 13.2. The number of benzene rings is 2. The summed E-state index contributed by atoms with van der Waals surface area (Å²) in [6, 6.07) is 13.3. The van der Waals surface area contributed by atoms with Gasteiger partial charge < -0.3 is 10.3 Å². The molecule has 0 aliphatic heterocycles. The van der Waals surface area contributed by atoms with Crippen LogP contribution in [0.2, 0.25) is 0 Å². The van der Waals surface area contributed by atoms with Gasteiger partial charge in [-0.2, -0.15) is 0 Å². The molecule has 3 rings (SSSR count). The molecule has 0 saturated heterocycles. The second-order valence-electron chi connectivity index (χ2n) is 5.90. The van der Waals surface area contributed by atoms with Crippen LogP contribution in [0.5, 0.6) is 0 Å². The Hall–Kier alpha value is -2.60. The number of pyridine rings is 1. The van der Waals surface area contributed by atoms with E-state index in [2.05, 4.69) is 10.3 Å². The third kappa shape index (κ3) is 4.32. The van der Waals surface area contributed by atoms with E-state index in [1.54, 1.807) is 6.07 Å². The molecule has 1 heterocycles. The Bertz CT molecular complexity index is 1000. The summed E-state index contributed by atoms with van der Waals surface area (Å²) in [5.74, 6) is 0.252. The Kier molecular flexibility index (Phi) is 5.73. The van der Waals surface area contributed by atoms with E-state index >= 15 is 0 Å². The van der Waals surface area contributed by atoms with Crippen LogP contribution in [0.1, 0.15) is 18.2 Å². The zero-order valence-electron chi connectivity index (χ0n) is 14.3. The number of carbonyl (C=O) groups is 1. The molecule has 1 aromatic heterocycles. The van der Waals surface area contributed by atoms with Crippen molar-refractivity contribution in [1.82, 2.24) is 4.98 Å². The SMILES string of the molecule is CCc1ccccc1NC(=O)CSCc1cc(=O)c2cc(F)ccc2[nH]1. The molecule has 0 saturated carbocycles. The predicted octanol–water partition coefficient (Wildman–Crippen LogP) is 4.10. The van der Waals surface area contributed by atoms with Gasteiger partial charge in [-0.05, 0) is 36.2 Å². The lowest BCUT2D eigenvalue weighted by molar-refractivity contribution is -0.113. The molecule has 2 aromatic carbocycles. The van der Waals surface area contributed by atoms with Crippen molar-refractivity contribution < 1.29 is 9.18 Å². The van der Waals surface area contributed by atoms with Crippen LogP contribution < -0.4 is 10.7 Å². The minimum atomic E-state index is -0.436. The predicted molar refractivity (Wildman–Crippen MR) is 105 cm³/mol. The fourth-order valence-electron chi connectivity index (χ4n) is 2.74. The molecule has 26 heavy (non-hydrogen) atoms. The highest BCUT2D eigenvalue weighted by Gasteiger charge is 2.08. The van der Waals surface area contributed by atoms with E-state index in [0.29, 0.717) is 22.3 Å². The lowest BCUT2D eigenvalue weighted by Crippen LogP contribution is -2.15. The van der Waals surface area contributed by atoms with Crippen molar-refractivity contribution in [1.29, 1.82) is 0 Å². The van der Waals surface area contributed by atoms with Gasteiger partial charge in [-0.1, -0.05) is 25.1 Å². The fraction of sp³-hybridized carbons (Fsp3) is 0.200. The van der Waals surface area contributed by atoms with Crippen LogP contribution in [-0.4, -0.2) is 16.6 Å². The van der Waals surface area contributed by atoms with E-state index in [1.807, 2.05) is 31.2 Å². The monoisotopic (exact) mass is 370 g/mol. The van der Waals surface area contributed by atoms with Crippen molar-refractivity contribution in [3.63, 3.8) is 0 Å². The summed E-state index contributed by atoms with van der Waals surface area (Å²) < 4.78 is 13.2. The standard InChI is InChI=1S/C20H19FN2O2S/c1-2-13-5-3-4-6-17(13)23-20(25)12-26-11-15-10-19(24)16-9-14(21)7-8-18(16)22-15/h3-10H,2,11-12H2,1H3,(H,22,24)(H,23,25). The largest absolute Gasteiger partial charge is 0.357 e. The zero-order valence-corrected chi connectivity index (χ0v) is 15.2. The first-order valence-corrected chi connectivity index (χ1v) is 9.49. The molecule has 0 unspecified atom stereocenters. The van der Waals surface area contributed by atoms with Crippen molar-refractivity contribution >= 4 is 34.3 Å². The van der Waals surface area contributed by atoms with Gasteiger partial charge in [-0.3, -0.25) is 9.59 Å². The Morgan fingerprint density at radius 3 is 2.81 bits per heavy atom.